The molecule has 1 heterocycles. The molecule has 0 spiro atoms. The molecule has 0 unspecified atom stereocenters. The van der Waals surface area contributed by atoms with Gasteiger partial charge in [0.1, 0.15) is 0 Å². The van der Waals surface area contributed by atoms with Crippen LogP contribution in [-0.2, 0) is 0 Å². The highest BCUT2D eigenvalue weighted by molar-refractivity contribution is 5.97. The maximum atomic E-state index is 10.7. The van der Waals surface area contributed by atoms with Crippen molar-refractivity contribution in [2.75, 3.05) is 25.0 Å². The fourth-order valence-corrected chi connectivity index (χ4v) is 1.99. The molecule has 19 heavy (non-hydrogen) atoms. The van der Waals surface area contributed by atoms with Crippen LogP contribution in [0.1, 0.15) is 5.56 Å². The largest absolute Gasteiger partial charge is 0.465 e. The molecule has 4 N–H and O–H groups in total. The summed E-state index contributed by atoms with van der Waals surface area (Å²) in [6.07, 6.45) is -0.882. The molecule has 2 rings (SSSR count). The van der Waals surface area contributed by atoms with E-state index in [0.717, 1.165) is 5.69 Å². The molecule has 7 heteroatoms. The lowest BCUT2D eigenvalue weighted by atomic mass is 10.1. The van der Waals surface area contributed by atoms with Crippen molar-refractivity contribution in [1.29, 1.82) is 0 Å². The second-order valence-electron chi connectivity index (χ2n) is 4.48. The molecule has 1 amide bonds. The van der Waals surface area contributed by atoms with Crippen molar-refractivity contribution < 1.29 is 15.1 Å². The molecule has 1 aromatic rings. The van der Waals surface area contributed by atoms with Gasteiger partial charge < -0.3 is 25.8 Å². The van der Waals surface area contributed by atoms with Gasteiger partial charge in [0.25, 0.3) is 0 Å². The third kappa shape index (κ3) is 2.54. The summed E-state index contributed by atoms with van der Waals surface area (Å²) < 4.78 is 0. The molecule has 1 saturated heterocycles. The number of likely N-dealkylation sites (tertiary alicyclic amines) is 1. The molecule has 1 aromatic carbocycles. The predicted molar refractivity (Wildman–Crippen MR) is 70.7 cm³/mol. The van der Waals surface area contributed by atoms with Crippen LogP contribution >= 0.6 is 0 Å². The van der Waals surface area contributed by atoms with Crippen LogP contribution in [0.25, 0.3) is 0 Å². The number of nitrogens with two attached hydrogens (primary N) is 1. The van der Waals surface area contributed by atoms with Crippen LogP contribution in [0.15, 0.2) is 29.4 Å². The van der Waals surface area contributed by atoms with E-state index in [4.69, 9.17) is 16.0 Å². The van der Waals surface area contributed by atoms with Crippen molar-refractivity contribution >= 4 is 17.6 Å². The van der Waals surface area contributed by atoms with E-state index in [9.17, 15) is 4.79 Å². The number of benzene rings is 1. The molecule has 1 fully saturated rings. The standard InChI is InChI=1S/C12H16N4O3/c1-15(10-6-16(7-10)12(17)18)9-4-2-8(3-5-9)11(13)14-19/h2-5,10,19H,6-7H2,1H3,(H2,13,14)(H,17,18). The SMILES string of the molecule is CN(c1ccc(C(N)=NO)cc1)C1CN(C(=O)O)C1. The number of rotatable bonds is 3. The number of likely N-dealkylation sites (N-methyl/N-ethyl adjacent to an activating group) is 1. The zero-order valence-electron chi connectivity index (χ0n) is 10.5. The van der Waals surface area contributed by atoms with Crippen molar-refractivity contribution in [1.82, 2.24) is 4.90 Å². The maximum absolute atomic E-state index is 10.7. The number of hydrogen-bond donors (Lipinski definition) is 3. The summed E-state index contributed by atoms with van der Waals surface area (Å²) in [6, 6.07) is 7.42. The van der Waals surface area contributed by atoms with Gasteiger partial charge in [-0.15, -0.1) is 0 Å². The zero-order valence-corrected chi connectivity index (χ0v) is 10.5. The predicted octanol–water partition coefficient (Wildman–Crippen LogP) is 0.579. The van der Waals surface area contributed by atoms with Gasteiger partial charge in [-0.1, -0.05) is 5.16 Å². The Bertz CT molecular complexity index is 494. The van der Waals surface area contributed by atoms with Gasteiger partial charge in [0, 0.05) is 31.4 Å². The van der Waals surface area contributed by atoms with Crippen LogP contribution in [0.3, 0.4) is 0 Å². The average molecular weight is 264 g/mol. The number of hydrogen-bond acceptors (Lipinski definition) is 4. The first-order chi connectivity index (χ1) is 9.02. The van der Waals surface area contributed by atoms with Gasteiger partial charge in [0.2, 0.25) is 0 Å². The Labute approximate surface area is 110 Å². The Kier molecular flexibility index (Phi) is 3.46. The van der Waals surface area contributed by atoms with Crippen LogP contribution in [0.4, 0.5) is 10.5 Å². The fraction of sp³-hybridized carbons (Fsp3) is 0.333. The number of amides is 1. The molecule has 102 valence electrons. The molecule has 0 aliphatic carbocycles. The molecule has 1 aliphatic heterocycles. The van der Waals surface area contributed by atoms with Gasteiger partial charge in [-0.05, 0) is 24.3 Å². The van der Waals surface area contributed by atoms with Crippen molar-refractivity contribution in [3.63, 3.8) is 0 Å². The van der Waals surface area contributed by atoms with Crippen molar-refractivity contribution in [2.24, 2.45) is 10.9 Å². The highest BCUT2D eigenvalue weighted by Crippen LogP contribution is 2.21. The molecule has 0 saturated carbocycles. The second-order valence-corrected chi connectivity index (χ2v) is 4.48. The molecule has 0 radical (unpaired) electrons. The Balaban J connectivity index is 2.01. The minimum atomic E-state index is -0.882. The summed E-state index contributed by atoms with van der Waals surface area (Å²) in [5.41, 5.74) is 7.09. The third-order valence-electron chi connectivity index (χ3n) is 3.36. The third-order valence-corrected chi connectivity index (χ3v) is 3.36. The van der Waals surface area contributed by atoms with E-state index in [1.54, 1.807) is 12.1 Å². The topological polar surface area (TPSA) is 102 Å². The van der Waals surface area contributed by atoms with E-state index in [2.05, 4.69) is 5.16 Å². The summed E-state index contributed by atoms with van der Waals surface area (Å²) in [6.45, 7) is 1.02. The number of carboxylic acid groups (broad SMARTS) is 1. The first-order valence-electron chi connectivity index (χ1n) is 5.81. The second kappa shape index (κ2) is 5.05. The first kappa shape index (κ1) is 13.0. The highest BCUT2D eigenvalue weighted by Gasteiger charge is 2.33. The van der Waals surface area contributed by atoms with Gasteiger partial charge in [0.15, 0.2) is 5.84 Å². The smallest absolute Gasteiger partial charge is 0.407 e. The minimum absolute atomic E-state index is 0.0647. The molecule has 0 aromatic heterocycles. The summed E-state index contributed by atoms with van der Waals surface area (Å²) in [4.78, 5) is 14.1. The molecular weight excluding hydrogens is 248 g/mol. The Morgan fingerprint density at radius 1 is 1.42 bits per heavy atom. The van der Waals surface area contributed by atoms with Crippen LogP contribution in [0.5, 0.6) is 0 Å². The van der Waals surface area contributed by atoms with Crippen LogP contribution in [-0.4, -0.2) is 53.3 Å². The maximum Gasteiger partial charge on any atom is 0.407 e. The molecule has 7 nitrogen and oxygen atoms in total. The van der Waals surface area contributed by atoms with E-state index in [0.29, 0.717) is 18.7 Å². The number of nitrogens with zero attached hydrogens (tertiary/aromatic N) is 3. The van der Waals surface area contributed by atoms with Crippen LogP contribution in [0, 0.1) is 0 Å². The van der Waals surface area contributed by atoms with Crippen molar-refractivity contribution in [2.45, 2.75) is 6.04 Å². The number of oxime groups is 1. The summed E-state index contributed by atoms with van der Waals surface area (Å²) in [7, 11) is 1.92. The molecule has 1 aliphatic rings. The molecule has 0 atom stereocenters. The monoisotopic (exact) mass is 264 g/mol. The summed E-state index contributed by atoms with van der Waals surface area (Å²) >= 11 is 0. The number of carbonyl (C=O) groups is 1. The van der Waals surface area contributed by atoms with E-state index < -0.39 is 6.09 Å². The van der Waals surface area contributed by atoms with Gasteiger partial charge >= 0.3 is 6.09 Å². The van der Waals surface area contributed by atoms with Crippen LogP contribution in [0.2, 0.25) is 0 Å². The van der Waals surface area contributed by atoms with E-state index in [1.165, 1.54) is 4.90 Å². The number of amidine groups is 1. The lowest BCUT2D eigenvalue weighted by molar-refractivity contribution is 0.105. The zero-order chi connectivity index (χ0) is 14.0. The van der Waals surface area contributed by atoms with Crippen molar-refractivity contribution in [3.05, 3.63) is 29.8 Å². The average Bonchev–Trinajstić information content (AvgIpc) is 2.35. The van der Waals surface area contributed by atoms with Gasteiger partial charge in [-0.25, -0.2) is 4.79 Å². The Morgan fingerprint density at radius 3 is 2.47 bits per heavy atom. The Hall–Kier alpha value is -2.44. The van der Waals surface area contributed by atoms with E-state index in [-0.39, 0.29) is 11.9 Å². The van der Waals surface area contributed by atoms with Gasteiger partial charge in [-0.2, -0.15) is 0 Å². The quantitative estimate of drug-likeness (QED) is 0.321. The van der Waals surface area contributed by atoms with Crippen LogP contribution < -0.4 is 10.6 Å². The lowest BCUT2D eigenvalue weighted by Gasteiger charge is -2.43. The van der Waals surface area contributed by atoms with Gasteiger partial charge in [-0.3, -0.25) is 0 Å². The summed E-state index contributed by atoms with van der Waals surface area (Å²) in [5.74, 6) is 0.0647. The summed E-state index contributed by atoms with van der Waals surface area (Å²) in [5, 5.41) is 20.3. The van der Waals surface area contributed by atoms with Crippen molar-refractivity contribution in [3.8, 4) is 0 Å². The van der Waals surface area contributed by atoms with E-state index >= 15 is 0 Å². The highest BCUT2D eigenvalue weighted by atomic mass is 16.4. The normalized spacial score (nSPS) is 16.1. The minimum Gasteiger partial charge on any atom is -0.465 e. The van der Waals surface area contributed by atoms with Gasteiger partial charge in [0.05, 0.1) is 6.04 Å². The first-order valence-corrected chi connectivity index (χ1v) is 5.81. The number of anilines is 1. The fourth-order valence-electron chi connectivity index (χ4n) is 1.99. The lowest BCUT2D eigenvalue weighted by Crippen LogP contribution is -2.60. The molecule has 0 bridgehead atoms. The van der Waals surface area contributed by atoms with E-state index in [1.807, 2.05) is 24.1 Å². The Morgan fingerprint density at radius 2 is 2.00 bits per heavy atom. The molecular formula is C12H16N4O3.